The molecule has 2 rings (SSSR count). The molecule has 19 heavy (non-hydrogen) atoms. The molecular formula is C13H18N2O4. The fourth-order valence-corrected chi connectivity index (χ4v) is 1.87. The van der Waals surface area contributed by atoms with Gasteiger partial charge in [0, 0.05) is 19.1 Å². The quantitative estimate of drug-likeness (QED) is 0.838. The van der Waals surface area contributed by atoms with Crippen molar-refractivity contribution in [3.05, 3.63) is 23.4 Å². The molecule has 0 radical (unpaired) electrons. The van der Waals surface area contributed by atoms with Crippen molar-refractivity contribution in [2.75, 3.05) is 13.7 Å². The Morgan fingerprint density at radius 1 is 1.47 bits per heavy atom. The zero-order valence-electron chi connectivity index (χ0n) is 11.1. The highest BCUT2D eigenvalue weighted by Crippen LogP contribution is 2.14. The predicted octanol–water partition coefficient (Wildman–Crippen LogP) is 1.59. The summed E-state index contributed by atoms with van der Waals surface area (Å²) in [6, 6.07) is 3.29. The third-order valence-corrected chi connectivity index (χ3v) is 2.94. The van der Waals surface area contributed by atoms with Crippen LogP contribution < -0.4 is 10.2 Å². The summed E-state index contributed by atoms with van der Waals surface area (Å²) in [4.78, 5) is 21.3. The molecule has 1 aliphatic heterocycles. The summed E-state index contributed by atoms with van der Waals surface area (Å²) in [7, 11) is 1.53. The van der Waals surface area contributed by atoms with Gasteiger partial charge in [0.15, 0.2) is 6.29 Å². The maximum Gasteiger partial charge on any atom is 0.276 e. The van der Waals surface area contributed by atoms with Crippen LogP contribution in [0.15, 0.2) is 12.1 Å². The van der Waals surface area contributed by atoms with Crippen molar-refractivity contribution in [2.24, 2.45) is 0 Å². The molecule has 1 saturated heterocycles. The van der Waals surface area contributed by atoms with Gasteiger partial charge < -0.3 is 9.47 Å². The SMILES string of the molecule is COc1ccc(C(=O)NOC2CCCCO2)c(C)n1. The molecule has 2 heterocycles. The lowest BCUT2D eigenvalue weighted by atomic mass is 10.2. The number of hydrogen-bond acceptors (Lipinski definition) is 5. The smallest absolute Gasteiger partial charge is 0.276 e. The van der Waals surface area contributed by atoms with E-state index in [1.54, 1.807) is 19.1 Å². The Hall–Kier alpha value is -1.66. The molecule has 1 unspecified atom stereocenters. The second kappa shape index (κ2) is 6.49. The van der Waals surface area contributed by atoms with Gasteiger partial charge >= 0.3 is 0 Å². The molecule has 0 saturated carbocycles. The van der Waals surface area contributed by atoms with Gasteiger partial charge in [0.1, 0.15) is 0 Å². The molecule has 1 amide bonds. The van der Waals surface area contributed by atoms with Crippen molar-refractivity contribution in [1.29, 1.82) is 0 Å². The van der Waals surface area contributed by atoms with E-state index in [0.717, 1.165) is 19.3 Å². The lowest BCUT2D eigenvalue weighted by Gasteiger charge is -2.22. The van der Waals surface area contributed by atoms with E-state index in [4.69, 9.17) is 14.3 Å². The number of amides is 1. The van der Waals surface area contributed by atoms with E-state index >= 15 is 0 Å². The fraction of sp³-hybridized carbons (Fsp3) is 0.538. The van der Waals surface area contributed by atoms with E-state index in [0.29, 0.717) is 23.7 Å². The second-order valence-electron chi connectivity index (χ2n) is 4.33. The monoisotopic (exact) mass is 266 g/mol. The first-order valence-electron chi connectivity index (χ1n) is 6.30. The van der Waals surface area contributed by atoms with Crippen molar-refractivity contribution in [3.63, 3.8) is 0 Å². The van der Waals surface area contributed by atoms with Gasteiger partial charge in [-0.2, -0.15) is 0 Å². The Morgan fingerprint density at radius 2 is 2.32 bits per heavy atom. The minimum absolute atomic E-state index is 0.332. The minimum Gasteiger partial charge on any atom is -0.481 e. The number of nitrogens with zero attached hydrogens (tertiary/aromatic N) is 1. The first-order chi connectivity index (χ1) is 9.20. The van der Waals surface area contributed by atoms with Crippen molar-refractivity contribution in [1.82, 2.24) is 10.5 Å². The zero-order chi connectivity index (χ0) is 13.7. The Kier molecular flexibility index (Phi) is 4.70. The Balaban J connectivity index is 1.92. The van der Waals surface area contributed by atoms with Gasteiger partial charge in [-0.1, -0.05) is 0 Å². The normalized spacial score (nSPS) is 18.9. The molecule has 0 aliphatic carbocycles. The first-order valence-corrected chi connectivity index (χ1v) is 6.30. The van der Waals surface area contributed by atoms with Crippen LogP contribution in [-0.2, 0) is 9.57 Å². The summed E-state index contributed by atoms with van der Waals surface area (Å²) in [5, 5.41) is 0. The highest BCUT2D eigenvalue weighted by molar-refractivity contribution is 5.94. The van der Waals surface area contributed by atoms with Gasteiger partial charge in [0.05, 0.1) is 18.4 Å². The van der Waals surface area contributed by atoms with Gasteiger partial charge in [0.2, 0.25) is 5.88 Å². The summed E-state index contributed by atoms with van der Waals surface area (Å²) in [6.45, 7) is 2.41. The topological polar surface area (TPSA) is 69.7 Å². The molecule has 1 N–H and O–H groups in total. The summed E-state index contributed by atoms with van der Waals surface area (Å²) >= 11 is 0. The first kappa shape index (κ1) is 13.8. The average molecular weight is 266 g/mol. The number of aryl methyl sites for hydroxylation is 1. The van der Waals surface area contributed by atoms with Gasteiger partial charge in [-0.05, 0) is 25.8 Å². The molecule has 1 fully saturated rings. The number of ether oxygens (including phenoxy) is 2. The van der Waals surface area contributed by atoms with Crippen LogP contribution in [0.25, 0.3) is 0 Å². The Bertz CT molecular complexity index is 444. The van der Waals surface area contributed by atoms with E-state index in [1.807, 2.05) is 0 Å². The van der Waals surface area contributed by atoms with Crippen molar-refractivity contribution < 1.29 is 19.1 Å². The van der Waals surface area contributed by atoms with E-state index in [9.17, 15) is 4.79 Å². The zero-order valence-corrected chi connectivity index (χ0v) is 11.1. The summed E-state index contributed by atoms with van der Waals surface area (Å²) in [5.41, 5.74) is 3.45. The van der Waals surface area contributed by atoms with Crippen molar-refractivity contribution in [2.45, 2.75) is 32.5 Å². The fourth-order valence-electron chi connectivity index (χ4n) is 1.87. The third kappa shape index (κ3) is 3.65. The number of aromatic nitrogens is 1. The van der Waals surface area contributed by atoms with Crippen LogP contribution in [0.3, 0.4) is 0 Å². The standard InChI is InChI=1S/C13H18N2O4/c1-9-10(6-7-11(14-9)17-2)13(16)15-19-12-5-3-4-8-18-12/h6-7,12H,3-5,8H2,1-2H3,(H,15,16). The molecule has 6 nitrogen and oxygen atoms in total. The number of carbonyl (C=O) groups is 1. The molecular weight excluding hydrogens is 248 g/mol. The lowest BCUT2D eigenvalue weighted by Crippen LogP contribution is -2.33. The van der Waals surface area contributed by atoms with Gasteiger partial charge in [0.25, 0.3) is 5.91 Å². The number of carbonyl (C=O) groups excluding carboxylic acids is 1. The molecule has 1 aliphatic rings. The van der Waals surface area contributed by atoms with Crippen LogP contribution in [-0.4, -0.2) is 30.9 Å². The predicted molar refractivity (Wildman–Crippen MR) is 67.7 cm³/mol. The van der Waals surface area contributed by atoms with Gasteiger partial charge in [-0.25, -0.2) is 15.3 Å². The second-order valence-corrected chi connectivity index (χ2v) is 4.33. The Morgan fingerprint density at radius 3 is 2.95 bits per heavy atom. The summed E-state index contributed by atoms with van der Waals surface area (Å²) < 4.78 is 10.3. The number of hydroxylamine groups is 1. The molecule has 0 aromatic carbocycles. The van der Waals surface area contributed by atoms with Crippen LogP contribution in [0, 0.1) is 6.92 Å². The number of pyridine rings is 1. The number of nitrogens with one attached hydrogen (secondary N) is 1. The number of methoxy groups -OCH3 is 1. The number of hydrogen-bond donors (Lipinski definition) is 1. The molecule has 1 atom stereocenters. The molecule has 6 heteroatoms. The van der Waals surface area contributed by atoms with E-state index in [2.05, 4.69) is 10.5 Å². The van der Waals surface area contributed by atoms with Crippen LogP contribution in [0.4, 0.5) is 0 Å². The van der Waals surface area contributed by atoms with Crippen LogP contribution in [0.5, 0.6) is 5.88 Å². The highest BCUT2D eigenvalue weighted by Gasteiger charge is 2.17. The van der Waals surface area contributed by atoms with E-state index in [-0.39, 0.29) is 12.2 Å². The molecule has 1 aromatic heterocycles. The summed E-state index contributed by atoms with van der Waals surface area (Å²) in [6.07, 6.45) is 2.52. The molecule has 104 valence electrons. The maximum atomic E-state index is 11.9. The maximum absolute atomic E-state index is 11.9. The third-order valence-electron chi connectivity index (χ3n) is 2.94. The largest absolute Gasteiger partial charge is 0.481 e. The summed E-state index contributed by atoms with van der Waals surface area (Å²) in [5.74, 6) is 0.146. The number of rotatable bonds is 4. The van der Waals surface area contributed by atoms with Gasteiger partial charge in [-0.3, -0.25) is 4.79 Å². The van der Waals surface area contributed by atoms with Crippen LogP contribution in [0.2, 0.25) is 0 Å². The van der Waals surface area contributed by atoms with Crippen molar-refractivity contribution >= 4 is 5.91 Å². The molecule has 1 aromatic rings. The Labute approximate surface area is 112 Å². The average Bonchev–Trinajstić information content (AvgIpc) is 2.45. The minimum atomic E-state index is -0.357. The van der Waals surface area contributed by atoms with Crippen LogP contribution >= 0.6 is 0 Å². The van der Waals surface area contributed by atoms with Crippen LogP contribution in [0.1, 0.15) is 35.3 Å². The van der Waals surface area contributed by atoms with Crippen molar-refractivity contribution in [3.8, 4) is 5.88 Å². The van der Waals surface area contributed by atoms with E-state index in [1.165, 1.54) is 7.11 Å². The highest BCUT2D eigenvalue weighted by atomic mass is 16.8. The van der Waals surface area contributed by atoms with Gasteiger partial charge in [-0.15, -0.1) is 0 Å². The lowest BCUT2D eigenvalue weighted by molar-refractivity contribution is -0.186. The van der Waals surface area contributed by atoms with E-state index < -0.39 is 0 Å². The molecule has 0 spiro atoms. The molecule has 0 bridgehead atoms.